The number of hydrogen-bond acceptors (Lipinski definition) is 7. The first kappa shape index (κ1) is 35.2. The molecule has 1 atom stereocenters. The predicted octanol–water partition coefficient (Wildman–Crippen LogP) is 7.72. The third-order valence-electron chi connectivity index (χ3n) is 6.52. The summed E-state index contributed by atoms with van der Waals surface area (Å²) >= 11 is 25.7. The molecular formula is C33H30AsCl4N2O5. The van der Waals surface area contributed by atoms with Gasteiger partial charge in [-0.3, -0.25) is 0 Å². The van der Waals surface area contributed by atoms with Gasteiger partial charge in [-0.1, -0.05) is 17.7 Å². The van der Waals surface area contributed by atoms with Gasteiger partial charge in [-0.2, -0.15) is 0 Å². The van der Waals surface area contributed by atoms with E-state index in [-0.39, 0.29) is 35.6 Å². The maximum atomic E-state index is 9.80. The Morgan fingerprint density at radius 3 is 2.38 bits per heavy atom. The Morgan fingerprint density at radius 2 is 1.62 bits per heavy atom. The normalized spacial score (nSPS) is 11.8. The van der Waals surface area contributed by atoms with Crippen LogP contribution < -0.4 is 14.2 Å². The number of halogens is 4. The van der Waals surface area contributed by atoms with E-state index in [0.717, 1.165) is 27.8 Å². The number of hydrogen-bond donors (Lipinski definition) is 2. The Balaban J connectivity index is 1.55. The van der Waals surface area contributed by atoms with Crippen molar-refractivity contribution in [3.05, 3.63) is 104 Å². The Bertz CT molecular complexity index is 1640. The van der Waals surface area contributed by atoms with Crippen LogP contribution in [0.15, 0.2) is 67.0 Å². The zero-order chi connectivity index (χ0) is 32.2. The summed E-state index contributed by atoms with van der Waals surface area (Å²) in [6.45, 7) is 0.473. The third kappa shape index (κ3) is 9.91. The molecule has 0 amide bonds. The van der Waals surface area contributed by atoms with Crippen molar-refractivity contribution in [3.8, 4) is 34.4 Å². The van der Waals surface area contributed by atoms with Gasteiger partial charge >= 0.3 is 226 Å². The summed E-state index contributed by atoms with van der Waals surface area (Å²) in [6, 6.07) is 18.5. The fraction of sp³-hybridized carbons (Fsp3) is 0.273. The second kappa shape index (κ2) is 17.9. The number of rotatable bonds is 16. The molecule has 12 heteroatoms. The van der Waals surface area contributed by atoms with Crippen LogP contribution in [0.5, 0.6) is 17.2 Å². The molecule has 0 spiro atoms. The second-order valence-corrected chi connectivity index (χ2v) is 13.8. The first-order chi connectivity index (χ1) is 21.8. The van der Waals surface area contributed by atoms with Gasteiger partial charge in [-0.25, -0.2) is 0 Å². The number of benzene rings is 3. The summed E-state index contributed by atoms with van der Waals surface area (Å²) < 4.78 is 18.1. The van der Waals surface area contributed by atoms with E-state index in [1.54, 1.807) is 30.5 Å². The zero-order valence-electron chi connectivity index (χ0n) is 24.1. The quantitative estimate of drug-likeness (QED) is 0.0687. The Kier molecular flexibility index (Phi) is 14.0. The second-order valence-electron chi connectivity index (χ2n) is 9.85. The Labute approximate surface area is 289 Å². The van der Waals surface area contributed by atoms with E-state index in [1.807, 2.05) is 30.3 Å². The van der Waals surface area contributed by atoms with Crippen LogP contribution in [0.2, 0.25) is 20.3 Å². The average molecular weight is 751 g/mol. The molecule has 7 nitrogen and oxygen atoms in total. The van der Waals surface area contributed by atoms with Crippen molar-refractivity contribution in [2.24, 2.45) is 0 Å². The molecule has 0 bridgehead atoms. The molecule has 1 heterocycles. The summed E-state index contributed by atoms with van der Waals surface area (Å²) in [5.74, 6) is 2.01. The van der Waals surface area contributed by atoms with E-state index in [1.165, 1.54) is 6.20 Å². The van der Waals surface area contributed by atoms with Gasteiger partial charge in [-0.15, -0.1) is 11.6 Å². The number of pyridine rings is 1. The number of nitriles is 1. The molecule has 4 rings (SSSR count). The van der Waals surface area contributed by atoms with Crippen LogP contribution in [-0.4, -0.2) is 56.1 Å². The number of aliphatic hydroxyl groups excluding tert-OH is 2. The van der Waals surface area contributed by atoms with Gasteiger partial charge in [0.2, 0.25) is 0 Å². The number of alkyl halides is 1. The first-order valence-corrected chi connectivity index (χ1v) is 18.3. The molecule has 0 unspecified atom stereocenters. The van der Waals surface area contributed by atoms with E-state index in [2.05, 4.69) is 11.1 Å². The molecule has 235 valence electrons. The van der Waals surface area contributed by atoms with Crippen LogP contribution in [-0.2, 0) is 18.4 Å². The SMILES string of the molecule is N#Cc1cncc(COc2cc(OCc3cccc(-c4cccc(OCCCCl)c4Cl)c3Cl)c(Cl)cc2C[As]C[C@H](O)CO)c1. The van der Waals surface area contributed by atoms with Gasteiger partial charge < -0.3 is 4.74 Å². The van der Waals surface area contributed by atoms with Gasteiger partial charge in [0.15, 0.2) is 0 Å². The molecule has 1 aromatic heterocycles. The molecular weight excluding hydrogens is 721 g/mol. The summed E-state index contributed by atoms with van der Waals surface area (Å²) in [7, 11) is 0. The van der Waals surface area contributed by atoms with E-state index >= 15 is 0 Å². The van der Waals surface area contributed by atoms with Gasteiger partial charge in [0, 0.05) is 5.88 Å². The van der Waals surface area contributed by atoms with Gasteiger partial charge in [0.05, 0.1) is 6.61 Å². The summed E-state index contributed by atoms with van der Waals surface area (Å²) in [4.78, 5) is 4.10. The van der Waals surface area contributed by atoms with Crippen LogP contribution in [0.1, 0.15) is 28.7 Å². The maximum absolute atomic E-state index is 9.80. The van der Waals surface area contributed by atoms with Crippen molar-refractivity contribution >= 4 is 62.2 Å². The number of aromatic nitrogens is 1. The molecule has 2 N–H and O–H groups in total. The summed E-state index contributed by atoms with van der Waals surface area (Å²) in [5.41, 5.74) is 4.21. The van der Waals surface area contributed by atoms with E-state index in [9.17, 15) is 15.5 Å². The predicted molar refractivity (Wildman–Crippen MR) is 179 cm³/mol. The van der Waals surface area contributed by atoms with Crippen molar-refractivity contribution in [3.63, 3.8) is 0 Å². The van der Waals surface area contributed by atoms with Crippen molar-refractivity contribution in [1.29, 1.82) is 5.26 Å². The minimum absolute atomic E-state index is 0.122. The van der Waals surface area contributed by atoms with Crippen LogP contribution >= 0.6 is 46.4 Å². The Hall–Kier alpha value is -2.66. The van der Waals surface area contributed by atoms with Crippen LogP contribution in [0, 0.1) is 11.3 Å². The summed E-state index contributed by atoms with van der Waals surface area (Å²) in [5, 5.41) is 30.7. The standard InChI is InChI=1S/C33H30AsCl4N2O5/c35-8-3-9-43-29-7-2-6-27(33(29)38)26-5-1-4-23(32(26)37)20-45-31-12-30(44-19-22-10-21(15-39)16-40-17-22)24(11-28(31)36)13-34-14-25(42)18-41/h1-2,4-7,10-12,16-17,25,41-42H,3,8-9,13-14,18-20H2/t25-/m0/s1. The van der Waals surface area contributed by atoms with Gasteiger partial charge in [0.1, 0.15) is 5.75 Å². The monoisotopic (exact) mass is 749 g/mol. The van der Waals surface area contributed by atoms with E-state index in [0.29, 0.717) is 67.2 Å². The first-order valence-electron chi connectivity index (χ1n) is 13.9. The molecule has 4 aromatic rings. The van der Waals surface area contributed by atoms with Crippen molar-refractivity contribution in [1.82, 2.24) is 4.98 Å². The van der Waals surface area contributed by atoms with Crippen molar-refractivity contribution in [2.45, 2.75) is 36.2 Å². The topological polar surface area (TPSA) is 105 Å². The third-order valence-corrected chi connectivity index (χ3v) is 10.5. The van der Waals surface area contributed by atoms with Crippen molar-refractivity contribution < 1.29 is 24.4 Å². The molecule has 0 aliphatic heterocycles. The number of ether oxygens (including phenoxy) is 3. The fourth-order valence-corrected chi connectivity index (χ4v) is 7.32. The number of nitrogens with zero attached hydrogens (tertiary/aromatic N) is 2. The van der Waals surface area contributed by atoms with Crippen LogP contribution in [0.4, 0.5) is 0 Å². The molecule has 1 radical (unpaired) electrons. The minimum atomic E-state index is -0.756. The molecule has 45 heavy (non-hydrogen) atoms. The zero-order valence-corrected chi connectivity index (χ0v) is 29.0. The Morgan fingerprint density at radius 1 is 0.867 bits per heavy atom. The van der Waals surface area contributed by atoms with Gasteiger partial charge in [-0.05, 0) is 12.5 Å². The molecule has 3 aromatic carbocycles. The van der Waals surface area contributed by atoms with Crippen LogP contribution in [0.25, 0.3) is 11.1 Å². The molecule has 0 saturated heterocycles. The fourth-order valence-electron chi connectivity index (χ4n) is 4.25. The van der Waals surface area contributed by atoms with E-state index < -0.39 is 6.10 Å². The van der Waals surface area contributed by atoms with Crippen molar-refractivity contribution in [2.75, 3.05) is 19.1 Å². The molecule has 0 fully saturated rings. The number of aliphatic hydroxyl groups is 2. The van der Waals surface area contributed by atoms with Gasteiger partial charge in [0.25, 0.3) is 0 Å². The molecule has 0 saturated carbocycles. The summed E-state index contributed by atoms with van der Waals surface area (Å²) in [6.07, 6.45) is 3.07. The average Bonchev–Trinajstić information content (AvgIpc) is 3.05. The van der Waals surface area contributed by atoms with E-state index in [4.69, 9.17) is 60.6 Å². The molecule has 0 aliphatic carbocycles. The van der Waals surface area contributed by atoms with Crippen LogP contribution in [0.3, 0.4) is 0 Å². The molecule has 0 aliphatic rings.